The van der Waals surface area contributed by atoms with Gasteiger partial charge in [-0.3, -0.25) is 4.79 Å². The molecule has 1 aromatic rings. The maximum atomic E-state index is 11.8. The SMILES string of the molecule is Cc1cccc(C(=O)OCC(=O)NC2CC2)c1C. The van der Waals surface area contributed by atoms with E-state index in [0.717, 1.165) is 24.0 Å². The van der Waals surface area contributed by atoms with Gasteiger partial charge in [-0.05, 0) is 43.9 Å². The fourth-order valence-electron chi connectivity index (χ4n) is 1.68. The number of benzene rings is 1. The molecule has 0 radical (unpaired) electrons. The van der Waals surface area contributed by atoms with E-state index in [9.17, 15) is 9.59 Å². The molecule has 1 amide bonds. The van der Waals surface area contributed by atoms with Crippen molar-refractivity contribution >= 4 is 11.9 Å². The van der Waals surface area contributed by atoms with Crippen molar-refractivity contribution in [2.75, 3.05) is 6.61 Å². The van der Waals surface area contributed by atoms with Crippen LogP contribution in [-0.4, -0.2) is 24.5 Å². The zero-order chi connectivity index (χ0) is 13.1. The Balaban J connectivity index is 1.90. The van der Waals surface area contributed by atoms with Crippen molar-refractivity contribution in [1.29, 1.82) is 0 Å². The van der Waals surface area contributed by atoms with E-state index in [-0.39, 0.29) is 18.6 Å². The third kappa shape index (κ3) is 3.09. The maximum Gasteiger partial charge on any atom is 0.338 e. The van der Waals surface area contributed by atoms with Crippen molar-refractivity contribution in [3.8, 4) is 0 Å². The summed E-state index contributed by atoms with van der Waals surface area (Å²) in [4.78, 5) is 23.2. The normalized spacial score (nSPS) is 14.1. The average Bonchev–Trinajstić information content (AvgIpc) is 3.13. The van der Waals surface area contributed by atoms with E-state index in [1.807, 2.05) is 26.0 Å². The Morgan fingerprint density at radius 2 is 2.06 bits per heavy atom. The summed E-state index contributed by atoms with van der Waals surface area (Å²) in [5.74, 6) is -0.668. The standard InChI is InChI=1S/C14H17NO3/c1-9-4-3-5-12(10(9)2)14(17)18-8-13(16)15-11-6-7-11/h3-5,11H,6-8H2,1-2H3,(H,15,16). The van der Waals surface area contributed by atoms with Crippen LogP contribution in [0.5, 0.6) is 0 Å². The van der Waals surface area contributed by atoms with E-state index < -0.39 is 5.97 Å². The van der Waals surface area contributed by atoms with Crippen LogP contribution >= 0.6 is 0 Å². The van der Waals surface area contributed by atoms with Crippen LogP contribution in [0.3, 0.4) is 0 Å². The largest absolute Gasteiger partial charge is 0.452 e. The minimum absolute atomic E-state index is 0.206. The van der Waals surface area contributed by atoms with Gasteiger partial charge in [-0.1, -0.05) is 12.1 Å². The predicted molar refractivity (Wildman–Crippen MR) is 67.4 cm³/mol. The molecular weight excluding hydrogens is 230 g/mol. The molecule has 1 saturated carbocycles. The Morgan fingerprint density at radius 1 is 1.33 bits per heavy atom. The number of carbonyl (C=O) groups excluding carboxylic acids is 2. The highest BCUT2D eigenvalue weighted by Gasteiger charge is 2.23. The number of aryl methyl sites for hydroxylation is 1. The van der Waals surface area contributed by atoms with Crippen molar-refractivity contribution in [1.82, 2.24) is 5.32 Å². The van der Waals surface area contributed by atoms with Gasteiger partial charge in [-0.2, -0.15) is 0 Å². The molecule has 0 unspecified atom stereocenters. The molecule has 1 fully saturated rings. The maximum absolute atomic E-state index is 11.8. The van der Waals surface area contributed by atoms with Gasteiger partial charge in [0, 0.05) is 6.04 Å². The highest BCUT2D eigenvalue weighted by atomic mass is 16.5. The molecule has 4 heteroatoms. The van der Waals surface area contributed by atoms with Gasteiger partial charge < -0.3 is 10.1 Å². The van der Waals surface area contributed by atoms with Crippen molar-refractivity contribution in [3.63, 3.8) is 0 Å². The van der Waals surface area contributed by atoms with Gasteiger partial charge in [0.2, 0.25) is 0 Å². The van der Waals surface area contributed by atoms with Crippen LogP contribution in [0.25, 0.3) is 0 Å². The first-order valence-electron chi connectivity index (χ1n) is 6.10. The molecule has 96 valence electrons. The number of esters is 1. The minimum Gasteiger partial charge on any atom is -0.452 e. The lowest BCUT2D eigenvalue weighted by atomic mass is 10.0. The van der Waals surface area contributed by atoms with Crippen LogP contribution in [0.15, 0.2) is 18.2 Å². The lowest BCUT2D eigenvalue weighted by molar-refractivity contribution is -0.124. The number of carbonyl (C=O) groups is 2. The molecule has 1 aliphatic carbocycles. The summed E-state index contributed by atoms with van der Waals surface area (Å²) in [6.07, 6.45) is 2.05. The monoisotopic (exact) mass is 247 g/mol. The second-order valence-electron chi connectivity index (χ2n) is 4.67. The predicted octanol–water partition coefficient (Wildman–Crippen LogP) is 1.74. The van der Waals surface area contributed by atoms with Crippen LogP contribution in [0.4, 0.5) is 0 Å². The molecule has 0 heterocycles. The third-order valence-corrected chi connectivity index (χ3v) is 3.10. The summed E-state index contributed by atoms with van der Waals surface area (Å²) in [6.45, 7) is 3.60. The van der Waals surface area contributed by atoms with E-state index in [1.54, 1.807) is 6.07 Å². The molecule has 1 N–H and O–H groups in total. The second-order valence-corrected chi connectivity index (χ2v) is 4.67. The third-order valence-electron chi connectivity index (χ3n) is 3.10. The highest BCUT2D eigenvalue weighted by molar-refractivity contribution is 5.93. The van der Waals surface area contributed by atoms with Crippen molar-refractivity contribution in [3.05, 3.63) is 34.9 Å². The van der Waals surface area contributed by atoms with Gasteiger partial charge in [0.1, 0.15) is 0 Å². The summed E-state index contributed by atoms with van der Waals surface area (Å²) < 4.78 is 5.00. The van der Waals surface area contributed by atoms with E-state index in [0.29, 0.717) is 5.56 Å². The molecule has 1 aliphatic rings. The Kier molecular flexibility index (Phi) is 3.65. The molecule has 1 aromatic carbocycles. The molecular formula is C14H17NO3. The minimum atomic E-state index is -0.442. The van der Waals surface area contributed by atoms with Crippen LogP contribution in [-0.2, 0) is 9.53 Å². The molecule has 0 aliphatic heterocycles. The van der Waals surface area contributed by atoms with E-state index >= 15 is 0 Å². The first-order chi connectivity index (χ1) is 8.58. The average molecular weight is 247 g/mol. The summed E-state index contributed by atoms with van der Waals surface area (Å²) >= 11 is 0. The van der Waals surface area contributed by atoms with E-state index in [4.69, 9.17) is 4.74 Å². The highest BCUT2D eigenvalue weighted by Crippen LogP contribution is 2.18. The van der Waals surface area contributed by atoms with Crippen LogP contribution in [0.2, 0.25) is 0 Å². The summed E-state index contributed by atoms with van der Waals surface area (Å²) in [6, 6.07) is 5.75. The van der Waals surface area contributed by atoms with Gasteiger partial charge in [-0.25, -0.2) is 4.79 Å². The second kappa shape index (κ2) is 5.21. The Morgan fingerprint density at radius 3 is 2.72 bits per heavy atom. The van der Waals surface area contributed by atoms with Crippen LogP contribution < -0.4 is 5.32 Å². The summed E-state index contributed by atoms with van der Waals surface area (Å²) in [5, 5.41) is 2.77. The quantitative estimate of drug-likeness (QED) is 0.824. The van der Waals surface area contributed by atoms with Crippen molar-refractivity contribution in [2.24, 2.45) is 0 Å². The molecule has 0 aromatic heterocycles. The molecule has 0 bridgehead atoms. The molecule has 0 atom stereocenters. The number of amides is 1. The van der Waals surface area contributed by atoms with E-state index in [1.165, 1.54) is 0 Å². The molecule has 2 rings (SSSR count). The molecule has 4 nitrogen and oxygen atoms in total. The molecule has 0 spiro atoms. The number of ether oxygens (including phenoxy) is 1. The summed E-state index contributed by atoms with van der Waals surface area (Å²) in [5.41, 5.74) is 2.45. The van der Waals surface area contributed by atoms with Gasteiger partial charge in [-0.15, -0.1) is 0 Å². The lowest BCUT2D eigenvalue weighted by Gasteiger charge is -2.08. The van der Waals surface area contributed by atoms with Gasteiger partial charge >= 0.3 is 5.97 Å². The Labute approximate surface area is 106 Å². The zero-order valence-electron chi connectivity index (χ0n) is 10.7. The molecule has 0 saturated heterocycles. The Bertz CT molecular complexity index is 478. The first kappa shape index (κ1) is 12.6. The van der Waals surface area contributed by atoms with Crippen LogP contribution in [0.1, 0.15) is 34.3 Å². The summed E-state index contributed by atoms with van der Waals surface area (Å²) in [7, 11) is 0. The van der Waals surface area contributed by atoms with Crippen molar-refractivity contribution in [2.45, 2.75) is 32.7 Å². The van der Waals surface area contributed by atoms with Gasteiger partial charge in [0.05, 0.1) is 5.56 Å². The van der Waals surface area contributed by atoms with Crippen LogP contribution in [0, 0.1) is 13.8 Å². The lowest BCUT2D eigenvalue weighted by Crippen LogP contribution is -2.30. The molecule has 18 heavy (non-hydrogen) atoms. The van der Waals surface area contributed by atoms with E-state index in [2.05, 4.69) is 5.32 Å². The number of rotatable bonds is 4. The number of nitrogens with one attached hydrogen (secondary N) is 1. The van der Waals surface area contributed by atoms with Gasteiger partial charge in [0.25, 0.3) is 5.91 Å². The fourth-order valence-corrected chi connectivity index (χ4v) is 1.68. The number of hydrogen-bond donors (Lipinski definition) is 1. The smallest absolute Gasteiger partial charge is 0.338 e. The topological polar surface area (TPSA) is 55.4 Å². The first-order valence-corrected chi connectivity index (χ1v) is 6.10. The Hall–Kier alpha value is -1.84. The van der Waals surface area contributed by atoms with Crippen molar-refractivity contribution < 1.29 is 14.3 Å². The van der Waals surface area contributed by atoms with Gasteiger partial charge in [0.15, 0.2) is 6.61 Å². The number of hydrogen-bond acceptors (Lipinski definition) is 3. The fraction of sp³-hybridized carbons (Fsp3) is 0.429. The zero-order valence-corrected chi connectivity index (χ0v) is 10.7.